The Labute approximate surface area is 141 Å². The van der Waals surface area contributed by atoms with E-state index in [0.29, 0.717) is 0 Å². The topological polar surface area (TPSA) is 46.9 Å². The minimum Gasteiger partial charge on any atom is -0.331 e. The third-order valence-corrected chi connectivity index (χ3v) is 4.67. The number of aryl methyl sites for hydroxylation is 3. The smallest absolute Gasteiger partial charge is 0.227 e. The van der Waals surface area contributed by atoms with E-state index in [1.807, 2.05) is 24.3 Å². The van der Waals surface area contributed by atoms with Crippen LogP contribution in [0.3, 0.4) is 0 Å². The van der Waals surface area contributed by atoms with Gasteiger partial charge in [0.15, 0.2) is 0 Å². The minimum absolute atomic E-state index is 0.134. The van der Waals surface area contributed by atoms with E-state index in [4.69, 9.17) is 4.98 Å². The molecule has 1 aromatic heterocycles. The number of carbonyl (C=O) groups is 1. The van der Waals surface area contributed by atoms with Crippen LogP contribution in [0, 0.1) is 5.92 Å². The van der Waals surface area contributed by atoms with E-state index in [2.05, 4.69) is 41.2 Å². The lowest BCUT2D eigenvalue weighted by atomic mass is 10.1. The number of nitrogens with zero attached hydrogens (tertiary/aromatic N) is 2. The fourth-order valence-corrected chi connectivity index (χ4v) is 3.04. The Morgan fingerprint density at radius 2 is 1.96 bits per heavy atom. The lowest BCUT2D eigenvalue weighted by molar-refractivity contribution is -0.117. The van der Waals surface area contributed by atoms with Gasteiger partial charge in [0.25, 0.3) is 0 Å². The number of imidazole rings is 1. The Bertz CT molecular complexity index is 879. The molecule has 4 nitrogen and oxygen atoms in total. The van der Waals surface area contributed by atoms with Crippen LogP contribution in [0.15, 0.2) is 48.5 Å². The number of amides is 1. The maximum Gasteiger partial charge on any atom is 0.227 e. The molecule has 1 N–H and O–H groups in total. The van der Waals surface area contributed by atoms with E-state index in [1.54, 1.807) is 0 Å². The third-order valence-electron chi connectivity index (χ3n) is 4.67. The first kappa shape index (κ1) is 14.9. The molecule has 1 fully saturated rings. The number of fused-ring (bicyclic) bond motifs is 1. The summed E-state index contributed by atoms with van der Waals surface area (Å²) >= 11 is 0. The van der Waals surface area contributed by atoms with Crippen LogP contribution in [0.4, 0.5) is 5.69 Å². The molecule has 1 heterocycles. The number of carbonyl (C=O) groups excluding carboxylic acids is 1. The standard InChI is InChI=1S/C20H21N3O/c1-23-18-11-10-16(21-20(24)15-8-9-15)13-17(18)22-19(23)12-7-14-5-3-2-4-6-14/h2-6,10-11,13,15H,7-9,12H2,1H3,(H,21,24). The highest BCUT2D eigenvalue weighted by Crippen LogP contribution is 2.30. The molecule has 0 radical (unpaired) electrons. The fourth-order valence-electron chi connectivity index (χ4n) is 3.04. The molecule has 0 bridgehead atoms. The van der Waals surface area contributed by atoms with E-state index >= 15 is 0 Å². The maximum absolute atomic E-state index is 11.9. The van der Waals surface area contributed by atoms with Crippen molar-refractivity contribution in [1.29, 1.82) is 0 Å². The van der Waals surface area contributed by atoms with Crippen LogP contribution in [0.5, 0.6) is 0 Å². The largest absolute Gasteiger partial charge is 0.331 e. The first-order valence-electron chi connectivity index (χ1n) is 8.51. The van der Waals surface area contributed by atoms with Crippen molar-refractivity contribution < 1.29 is 4.79 Å². The van der Waals surface area contributed by atoms with Crippen molar-refractivity contribution in [3.8, 4) is 0 Å². The number of nitrogens with one attached hydrogen (secondary N) is 1. The van der Waals surface area contributed by atoms with E-state index in [1.165, 1.54) is 5.56 Å². The van der Waals surface area contributed by atoms with E-state index in [-0.39, 0.29) is 11.8 Å². The van der Waals surface area contributed by atoms with Crippen molar-refractivity contribution in [2.45, 2.75) is 25.7 Å². The van der Waals surface area contributed by atoms with Gasteiger partial charge in [-0.25, -0.2) is 4.98 Å². The van der Waals surface area contributed by atoms with Crippen molar-refractivity contribution in [1.82, 2.24) is 9.55 Å². The molecular weight excluding hydrogens is 298 g/mol. The van der Waals surface area contributed by atoms with Crippen molar-refractivity contribution in [3.05, 3.63) is 59.9 Å². The van der Waals surface area contributed by atoms with Gasteiger partial charge in [0, 0.05) is 25.1 Å². The molecule has 0 spiro atoms. The average Bonchev–Trinajstić information content (AvgIpc) is 3.40. The first-order chi connectivity index (χ1) is 11.7. The molecule has 1 amide bonds. The summed E-state index contributed by atoms with van der Waals surface area (Å²) in [5.74, 6) is 1.42. The van der Waals surface area contributed by atoms with Gasteiger partial charge in [0.1, 0.15) is 5.82 Å². The fraction of sp³-hybridized carbons (Fsp3) is 0.300. The molecule has 4 heteroatoms. The lowest BCUT2D eigenvalue weighted by Gasteiger charge is -2.04. The molecular formula is C20H21N3O. The lowest BCUT2D eigenvalue weighted by Crippen LogP contribution is -2.13. The summed E-state index contributed by atoms with van der Waals surface area (Å²) in [5, 5.41) is 2.99. The number of hydrogen-bond donors (Lipinski definition) is 1. The van der Waals surface area contributed by atoms with Gasteiger partial charge in [-0.15, -0.1) is 0 Å². The van der Waals surface area contributed by atoms with Crippen LogP contribution in [0.1, 0.15) is 24.2 Å². The van der Waals surface area contributed by atoms with Crippen molar-refractivity contribution in [2.24, 2.45) is 13.0 Å². The van der Waals surface area contributed by atoms with Crippen molar-refractivity contribution in [3.63, 3.8) is 0 Å². The van der Waals surface area contributed by atoms with Crippen LogP contribution in [-0.4, -0.2) is 15.5 Å². The summed E-state index contributed by atoms with van der Waals surface area (Å²) in [5.41, 5.74) is 4.20. The number of benzene rings is 2. The summed E-state index contributed by atoms with van der Waals surface area (Å²) in [7, 11) is 2.05. The summed E-state index contributed by atoms with van der Waals surface area (Å²) in [6.07, 6.45) is 3.91. The molecule has 0 atom stereocenters. The predicted molar refractivity (Wildman–Crippen MR) is 95.9 cm³/mol. The first-order valence-corrected chi connectivity index (χ1v) is 8.51. The van der Waals surface area contributed by atoms with Crippen molar-refractivity contribution in [2.75, 3.05) is 5.32 Å². The average molecular weight is 319 g/mol. The van der Waals surface area contributed by atoms with Gasteiger partial charge in [-0.05, 0) is 43.0 Å². The van der Waals surface area contributed by atoms with Gasteiger partial charge in [-0.1, -0.05) is 30.3 Å². The predicted octanol–water partition coefficient (Wildman–Crippen LogP) is 3.71. The third kappa shape index (κ3) is 3.04. The number of hydrogen-bond acceptors (Lipinski definition) is 2. The minimum atomic E-state index is 0.134. The molecule has 3 aromatic rings. The second-order valence-electron chi connectivity index (χ2n) is 6.54. The van der Waals surface area contributed by atoms with Crippen LogP contribution in [-0.2, 0) is 24.7 Å². The molecule has 2 aromatic carbocycles. The normalized spacial score (nSPS) is 14.0. The monoisotopic (exact) mass is 319 g/mol. The van der Waals surface area contributed by atoms with Crippen LogP contribution in [0.25, 0.3) is 11.0 Å². The van der Waals surface area contributed by atoms with E-state index in [0.717, 1.165) is 48.2 Å². The second kappa shape index (κ2) is 6.11. The molecule has 4 rings (SSSR count). The van der Waals surface area contributed by atoms with E-state index in [9.17, 15) is 4.79 Å². The molecule has 1 aliphatic carbocycles. The molecule has 1 aliphatic rings. The molecule has 0 aliphatic heterocycles. The molecule has 0 unspecified atom stereocenters. The molecule has 24 heavy (non-hydrogen) atoms. The summed E-state index contributed by atoms with van der Waals surface area (Å²) < 4.78 is 2.14. The van der Waals surface area contributed by atoms with Gasteiger partial charge < -0.3 is 9.88 Å². The quantitative estimate of drug-likeness (QED) is 0.779. The Balaban J connectivity index is 1.53. The van der Waals surface area contributed by atoms with Gasteiger partial charge >= 0.3 is 0 Å². The zero-order valence-electron chi connectivity index (χ0n) is 13.8. The maximum atomic E-state index is 11.9. The van der Waals surface area contributed by atoms with Gasteiger partial charge in [-0.3, -0.25) is 4.79 Å². The Kier molecular flexibility index (Phi) is 3.81. The molecule has 1 saturated carbocycles. The Hall–Kier alpha value is -2.62. The number of rotatable bonds is 5. The van der Waals surface area contributed by atoms with Crippen LogP contribution < -0.4 is 5.32 Å². The summed E-state index contributed by atoms with van der Waals surface area (Å²) in [4.78, 5) is 16.7. The number of anilines is 1. The van der Waals surface area contributed by atoms with Gasteiger partial charge in [0.05, 0.1) is 11.0 Å². The Morgan fingerprint density at radius 1 is 1.17 bits per heavy atom. The SMILES string of the molecule is Cn1c(CCc2ccccc2)nc2cc(NC(=O)C3CC3)ccc21. The second-order valence-corrected chi connectivity index (χ2v) is 6.54. The van der Waals surface area contributed by atoms with Crippen LogP contribution >= 0.6 is 0 Å². The highest BCUT2D eigenvalue weighted by molar-refractivity contribution is 5.95. The van der Waals surface area contributed by atoms with Crippen LogP contribution in [0.2, 0.25) is 0 Å². The highest BCUT2D eigenvalue weighted by atomic mass is 16.2. The van der Waals surface area contributed by atoms with E-state index < -0.39 is 0 Å². The van der Waals surface area contributed by atoms with Gasteiger partial charge in [-0.2, -0.15) is 0 Å². The molecule has 122 valence electrons. The Morgan fingerprint density at radius 3 is 2.71 bits per heavy atom. The zero-order valence-corrected chi connectivity index (χ0v) is 13.8. The van der Waals surface area contributed by atoms with Crippen molar-refractivity contribution >= 4 is 22.6 Å². The van der Waals surface area contributed by atoms with Gasteiger partial charge in [0.2, 0.25) is 5.91 Å². The zero-order chi connectivity index (χ0) is 16.5. The summed E-state index contributed by atoms with van der Waals surface area (Å²) in [6, 6.07) is 16.4. The summed E-state index contributed by atoms with van der Waals surface area (Å²) in [6.45, 7) is 0. The molecule has 0 saturated heterocycles. The number of aromatic nitrogens is 2. The highest BCUT2D eigenvalue weighted by Gasteiger charge is 2.29.